The Morgan fingerprint density at radius 3 is 1.23 bits per heavy atom. The van der Waals surface area contributed by atoms with Gasteiger partial charge in [0.25, 0.3) is 0 Å². The van der Waals surface area contributed by atoms with E-state index in [2.05, 4.69) is 0 Å². The Bertz CT molecular complexity index is 284. The first-order chi connectivity index (χ1) is 5.61. The van der Waals surface area contributed by atoms with Crippen LogP contribution in [0.4, 0.5) is 0 Å². The number of carboxylic acids is 2. The molecule has 0 aromatic heterocycles. The Kier molecular flexibility index (Phi) is 4.69. The van der Waals surface area contributed by atoms with Crippen molar-refractivity contribution in [2.75, 3.05) is 0 Å². The van der Waals surface area contributed by atoms with Crippen LogP contribution >= 0.6 is 0 Å². The second kappa shape index (κ2) is 5.01. The molecule has 0 N–H and O–H groups in total. The maximum atomic E-state index is 10.2. The monoisotopic (exact) mass is 187 g/mol. The van der Waals surface area contributed by atoms with Gasteiger partial charge in [-0.2, -0.15) is 0 Å². The normalized spacial score (nSPS) is 8.62. The zero-order valence-corrected chi connectivity index (χ0v) is 8.94. The van der Waals surface area contributed by atoms with Gasteiger partial charge in [0.15, 0.2) is 0 Å². The van der Waals surface area contributed by atoms with Crippen LogP contribution in [-0.2, 0) is 0 Å². The first-order valence-corrected chi connectivity index (χ1v) is 3.14. The van der Waals surface area contributed by atoms with Gasteiger partial charge < -0.3 is 19.8 Å². The van der Waals surface area contributed by atoms with Crippen molar-refractivity contribution in [3.63, 3.8) is 0 Å². The van der Waals surface area contributed by atoms with Gasteiger partial charge in [-0.25, -0.2) is 0 Å². The van der Waals surface area contributed by atoms with E-state index in [4.69, 9.17) is 0 Å². The quantitative estimate of drug-likeness (QED) is 0.436. The van der Waals surface area contributed by atoms with E-state index in [1.54, 1.807) is 0 Å². The molecule has 0 aliphatic rings. The Morgan fingerprint density at radius 1 is 0.846 bits per heavy atom. The van der Waals surface area contributed by atoms with E-state index >= 15 is 0 Å². The fourth-order valence-electron chi connectivity index (χ4n) is 0.742. The molecule has 0 unspecified atom stereocenters. The van der Waals surface area contributed by atoms with Crippen molar-refractivity contribution in [3.8, 4) is 0 Å². The average Bonchev–Trinajstić information content (AvgIpc) is 2.04. The fraction of sp³-hybridized carbons (Fsp3) is 0. The molecule has 0 saturated heterocycles. The number of hydrogen-bond acceptors (Lipinski definition) is 4. The summed E-state index contributed by atoms with van der Waals surface area (Å²) in [5, 5.41) is 20.4. The summed E-state index contributed by atoms with van der Waals surface area (Å²) in [7, 11) is 0. The van der Waals surface area contributed by atoms with Gasteiger partial charge in [0, 0.05) is 0 Å². The molecular weight excluding hydrogens is 183 g/mol. The van der Waals surface area contributed by atoms with Crippen LogP contribution in [0.1, 0.15) is 20.7 Å². The zero-order valence-electron chi connectivity index (χ0n) is 6.94. The van der Waals surface area contributed by atoms with Crippen LogP contribution in [0.25, 0.3) is 0 Å². The Hall–Kier alpha value is -0.840. The third-order valence-electron chi connectivity index (χ3n) is 1.36. The minimum atomic E-state index is -1.33. The van der Waals surface area contributed by atoms with Gasteiger partial charge in [0.2, 0.25) is 0 Å². The summed E-state index contributed by atoms with van der Waals surface area (Å²) in [4.78, 5) is 20.4. The molecule has 0 atom stereocenters. The summed E-state index contributed by atoms with van der Waals surface area (Å²) >= 11 is 0. The van der Waals surface area contributed by atoms with E-state index in [9.17, 15) is 19.8 Å². The van der Waals surface area contributed by atoms with E-state index in [0.29, 0.717) is 0 Å². The van der Waals surface area contributed by atoms with E-state index in [1.807, 2.05) is 0 Å². The fourth-order valence-corrected chi connectivity index (χ4v) is 0.742. The second-order valence-electron chi connectivity index (χ2n) is 2.15. The van der Waals surface area contributed by atoms with Crippen molar-refractivity contribution in [2.24, 2.45) is 0 Å². The van der Waals surface area contributed by atoms with E-state index < -0.39 is 11.9 Å². The van der Waals surface area contributed by atoms with Crippen molar-refractivity contribution < 1.29 is 49.4 Å². The molecule has 62 valence electrons. The largest absolute Gasteiger partial charge is 1.00 e. The number of carbonyl (C=O) groups is 2. The first kappa shape index (κ1) is 12.2. The molecule has 0 saturated carbocycles. The van der Waals surface area contributed by atoms with Crippen LogP contribution < -0.4 is 39.8 Å². The van der Waals surface area contributed by atoms with Crippen LogP contribution in [-0.4, -0.2) is 11.9 Å². The van der Waals surface area contributed by atoms with Gasteiger partial charge in [0.1, 0.15) is 0 Å². The maximum Gasteiger partial charge on any atom is 1.00 e. The van der Waals surface area contributed by atoms with Gasteiger partial charge >= 0.3 is 29.6 Å². The van der Waals surface area contributed by atoms with Gasteiger partial charge in [0.05, 0.1) is 11.9 Å². The van der Waals surface area contributed by atoms with Crippen LogP contribution in [0.3, 0.4) is 0 Å². The molecule has 0 radical (unpaired) electrons. The molecule has 4 nitrogen and oxygen atoms in total. The molecule has 1 rings (SSSR count). The summed E-state index contributed by atoms with van der Waals surface area (Å²) in [5.41, 5.74) is -0.111. The number of hydrogen-bond donors (Lipinski definition) is 0. The molecule has 0 bridgehead atoms. The van der Waals surface area contributed by atoms with Crippen LogP contribution in [0.15, 0.2) is 24.3 Å². The molecule has 13 heavy (non-hydrogen) atoms. The van der Waals surface area contributed by atoms with E-state index in [0.717, 1.165) is 24.3 Å². The Morgan fingerprint density at radius 2 is 1.08 bits per heavy atom. The third kappa shape index (κ3) is 3.18. The zero-order chi connectivity index (χ0) is 9.14. The van der Waals surface area contributed by atoms with Gasteiger partial charge in [-0.3, -0.25) is 0 Å². The molecular formula is C8H4NaO4-. The maximum absolute atomic E-state index is 10.2. The summed E-state index contributed by atoms with van der Waals surface area (Å²) in [6.45, 7) is 0. The summed E-state index contributed by atoms with van der Waals surface area (Å²) < 4.78 is 0. The molecule has 0 aliphatic carbocycles. The van der Waals surface area contributed by atoms with Crippen LogP contribution in [0.2, 0.25) is 0 Å². The number of benzene rings is 1. The van der Waals surface area contributed by atoms with Gasteiger partial charge in [-0.05, 0) is 11.1 Å². The van der Waals surface area contributed by atoms with E-state index in [1.165, 1.54) is 0 Å². The van der Waals surface area contributed by atoms with Crippen molar-refractivity contribution >= 4 is 11.9 Å². The smallest absolute Gasteiger partial charge is 0.545 e. The number of rotatable bonds is 2. The van der Waals surface area contributed by atoms with Crippen molar-refractivity contribution in [2.45, 2.75) is 0 Å². The third-order valence-corrected chi connectivity index (χ3v) is 1.36. The predicted molar refractivity (Wildman–Crippen MR) is 35.1 cm³/mol. The molecule has 0 aliphatic heterocycles. The van der Waals surface area contributed by atoms with E-state index in [-0.39, 0.29) is 40.7 Å². The average molecular weight is 187 g/mol. The van der Waals surface area contributed by atoms with Crippen molar-refractivity contribution in [3.05, 3.63) is 35.4 Å². The Labute approximate surface area is 96.5 Å². The molecule has 1 aromatic carbocycles. The molecule has 0 heterocycles. The number of carbonyl (C=O) groups excluding carboxylic acids is 2. The summed E-state index contributed by atoms with van der Waals surface area (Å²) in [6, 6.07) is 4.61. The second-order valence-corrected chi connectivity index (χ2v) is 2.15. The predicted octanol–water partition coefficient (Wildman–Crippen LogP) is -4.58. The molecule has 0 amide bonds. The van der Waals surface area contributed by atoms with Gasteiger partial charge in [-0.15, -0.1) is 0 Å². The number of aromatic carboxylic acids is 2. The summed E-state index contributed by atoms with van der Waals surface area (Å²) in [6.07, 6.45) is 0. The molecule has 5 heteroatoms. The SMILES string of the molecule is O=C([O-])c1ccc(C(=O)[O-])cc1.[Na+]. The van der Waals surface area contributed by atoms with Crippen LogP contribution in [0.5, 0.6) is 0 Å². The van der Waals surface area contributed by atoms with Crippen molar-refractivity contribution in [1.82, 2.24) is 0 Å². The minimum Gasteiger partial charge on any atom is -0.545 e. The summed E-state index contributed by atoms with van der Waals surface area (Å²) in [5.74, 6) is -2.67. The number of carboxylic acid groups (broad SMARTS) is 2. The minimum absolute atomic E-state index is 0. The first-order valence-electron chi connectivity index (χ1n) is 3.14. The van der Waals surface area contributed by atoms with Crippen LogP contribution in [0, 0.1) is 0 Å². The topological polar surface area (TPSA) is 80.3 Å². The molecule has 1 aromatic rings. The molecule has 0 spiro atoms. The standard InChI is InChI=1S/C8H6O4.Na/c9-7(10)5-1-2-6(4-3-5)8(11)12;/h1-4H,(H,9,10)(H,11,12);/q;+1/p-2. The van der Waals surface area contributed by atoms with Gasteiger partial charge in [-0.1, -0.05) is 24.3 Å². The Balaban J connectivity index is 0.00000144. The molecule has 0 fully saturated rings. The van der Waals surface area contributed by atoms with Crippen molar-refractivity contribution in [1.29, 1.82) is 0 Å².